The van der Waals surface area contributed by atoms with Gasteiger partial charge >= 0.3 is 5.97 Å². The van der Waals surface area contributed by atoms with Crippen LogP contribution < -0.4 is 4.74 Å². The van der Waals surface area contributed by atoms with Gasteiger partial charge in [-0.1, -0.05) is 24.3 Å². The summed E-state index contributed by atoms with van der Waals surface area (Å²) in [6.07, 6.45) is 3.87. The average molecular weight is 523 g/mol. The molecule has 8 nitrogen and oxygen atoms in total. The minimum atomic E-state index is -0.605. The number of quaternary nitrogens is 1. The van der Waals surface area contributed by atoms with Crippen LogP contribution in [0.25, 0.3) is 0 Å². The van der Waals surface area contributed by atoms with Crippen LogP contribution in [0.15, 0.2) is 64.8 Å². The van der Waals surface area contributed by atoms with E-state index in [2.05, 4.69) is 12.0 Å². The standard InChI is InChI=1S/C28H31N3O5S/c1-31(13-5-6-14-31)16-21-18-37-27-24(29-15-20-7-3-4-8-23(20)32)26(33)30(27)25(21)28(34)36-17-19-9-11-22(35-2)12-10-19/h3-4,7-12,15,24,27H,5-6,13-14,16-18H2,1-2H3/p+1/t24-,27-/m1/s1. The molecule has 0 unspecified atom stereocenters. The van der Waals surface area contributed by atoms with Gasteiger partial charge in [-0.05, 0) is 29.8 Å². The van der Waals surface area contributed by atoms with Crippen LogP contribution in [-0.2, 0) is 20.9 Å². The van der Waals surface area contributed by atoms with Gasteiger partial charge in [-0.15, -0.1) is 11.8 Å². The van der Waals surface area contributed by atoms with Crippen molar-refractivity contribution in [3.05, 3.63) is 70.9 Å². The van der Waals surface area contributed by atoms with E-state index in [1.54, 1.807) is 48.0 Å². The van der Waals surface area contributed by atoms with E-state index in [-0.39, 0.29) is 23.6 Å². The molecule has 2 atom stereocenters. The number of nitrogens with zero attached hydrogens (tertiary/aromatic N) is 3. The molecule has 0 radical (unpaired) electrons. The molecule has 3 heterocycles. The Kier molecular flexibility index (Phi) is 7.26. The molecule has 1 N–H and O–H groups in total. The first-order chi connectivity index (χ1) is 17.9. The van der Waals surface area contributed by atoms with Crippen LogP contribution in [0.4, 0.5) is 0 Å². The molecular weight excluding hydrogens is 490 g/mol. The van der Waals surface area contributed by atoms with Crippen LogP contribution in [0.3, 0.4) is 0 Å². The Bertz CT molecular complexity index is 1240. The highest BCUT2D eigenvalue weighted by Crippen LogP contribution is 2.43. The minimum Gasteiger partial charge on any atom is -0.507 e. The largest absolute Gasteiger partial charge is 0.507 e. The lowest BCUT2D eigenvalue weighted by atomic mass is 10.0. The van der Waals surface area contributed by atoms with Crippen molar-refractivity contribution in [1.82, 2.24) is 4.90 Å². The fourth-order valence-electron chi connectivity index (χ4n) is 5.19. The first-order valence-corrected chi connectivity index (χ1v) is 13.5. The molecule has 0 saturated carbocycles. The highest BCUT2D eigenvalue weighted by molar-refractivity contribution is 8.00. The number of β-lactam (4-membered cyclic amide) rings is 1. The number of thioether (sulfide) groups is 1. The molecule has 0 aliphatic carbocycles. The van der Waals surface area contributed by atoms with Gasteiger partial charge in [0.25, 0.3) is 5.91 Å². The average Bonchev–Trinajstić information content (AvgIpc) is 3.34. The number of carbonyl (C=O) groups is 2. The number of aromatic hydroxyl groups is 1. The van der Waals surface area contributed by atoms with Crippen LogP contribution >= 0.6 is 11.8 Å². The number of para-hydroxylation sites is 1. The second-order valence-electron chi connectivity index (χ2n) is 10.00. The van der Waals surface area contributed by atoms with E-state index < -0.39 is 12.0 Å². The number of hydrogen-bond acceptors (Lipinski definition) is 7. The number of carbonyl (C=O) groups excluding carboxylic acids is 2. The highest BCUT2D eigenvalue weighted by Gasteiger charge is 2.54. The summed E-state index contributed by atoms with van der Waals surface area (Å²) in [4.78, 5) is 32.8. The van der Waals surface area contributed by atoms with E-state index in [1.165, 1.54) is 19.1 Å². The number of phenols is 1. The number of likely N-dealkylation sites (N-methyl/N-ethyl adjacent to an activating group) is 1. The molecule has 2 fully saturated rings. The lowest BCUT2D eigenvalue weighted by Gasteiger charge is -2.48. The summed E-state index contributed by atoms with van der Waals surface area (Å²) in [6.45, 7) is 2.96. The predicted octanol–water partition coefficient (Wildman–Crippen LogP) is 3.34. The topological polar surface area (TPSA) is 88.4 Å². The highest BCUT2D eigenvalue weighted by atomic mass is 32.2. The number of aliphatic imine (C=N–C) groups is 1. The van der Waals surface area contributed by atoms with Gasteiger partial charge in [-0.2, -0.15) is 0 Å². The van der Waals surface area contributed by atoms with E-state index in [1.807, 2.05) is 24.3 Å². The number of methoxy groups -OCH3 is 1. The van der Waals surface area contributed by atoms with Gasteiger partial charge in [0.2, 0.25) is 0 Å². The summed E-state index contributed by atoms with van der Waals surface area (Å²) in [6, 6.07) is 13.6. The van der Waals surface area contributed by atoms with Gasteiger partial charge in [-0.3, -0.25) is 14.7 Å². The third kappa shape index (κ3) is 5.24. The van der Waals surface area contributed by atoms with Gasteiger partial charge in [0.15, 0.2) is 6.04 Å². The Morgan fingerprint density at radius 3 is 2.62 bits per heavy atom. The fraction of sp³-hybridized carbons (Fsp3) is 0.393. The van der Waals surface area contributed by atoms with E-state index in [4.69, 9.17) is 9.47 Å². The van der Waals surface area contributed by atoms with Crippen molar-refractivity contribution >= 4 is 29.9 Å². The van der Waals surface area contributed by atoms with Crippen molar-refractivity contribution < 1.29 is 28.7 Å². The van der Waals surface area contributed by atoms with Gasteiger partial charge < -0.3 is 19.1 Å². The number of likely N-dealkylation sites (tertiary alicyclic amines) is 1. The van der Waals surface area contributed by atoms with E-state index in [9.17, 15) is 14.7 Å². The lowest BCUT2D eigenvalue weighted by Crippen LogP contribution is -2.64. The number of fused-ring (bicyclic) bond motifs is 1. The van der Waals surface area contributed by atoms with E-state index >= 15 is 0 Å². The predicted molar refractivity (Wildman–Crippen MR) is 142 cm³/mol. The molecule has 2 aromatic carbocycles. The quantitative estimate of drug-likeness (QED) is 0.248. The fourth-order valence-corrected chi connectivity index (χ4v) is 6.52. The smallest absolute Gasteiger partial charge is 0.355 e. The first kappa shape index (κ1) is 25.4. The molecule has 0 bridgehead atoms. The molecule has 5 rings (SSSR count). The maximum absolute atomic E-state index is 13.5. The summed E-state index contributed by atoms with van der Waals surface area (Å²) in [5, 5.41) is 9.76. The molecular formula is C28H32N3O5S+. The number of amides is 1. The molecule has 9 heteroatoms. The van der Waals surface area contributed by atoms with Crippen molar-refractivity contribution in [2.45, 2.75) is 30.9 Å². The van der Waals surface area contributed by atoms with Crippen molar-refractivity contribution in [2.24, 2.45) is 4.99 Å². The molecule has 194 valence electrons. The number of benzene rings is 2. The third-order valence-electron chi connectivity index (χ3n) is 7.27. The monoisotopic (exact) mass is 522 g/mol. The molecule has 3 aliphatic rings. The molecule has 1 amide bonds. The summed E-state index contributed by atoms with van der Waals surface area (Å²) < 4.78 is 11.8. The maximum Gasteiger partial charge on any atom is 0.355 e. The Labute approximate surface area is 221 Å². The summed E-state index contributed by atoms with van der Waals surface area (Å²) >= 11 is 1.63. The van der Waals surface area contributed by atoms with Crippen molar-refractivity contribution in [1.29, 1.82) is 0 Å². The number of phenolic OH excluding ortho intramolecular Hbond substituents is 1. The van der Waals surface area contributed by atoms with Gasteiger partial charge in [-0.25, -0.2) is 4.79 Å². The molecule has 2 aromatic rings. The van der Waals surface area contributed by atoms with Gasteiger partial charge in [0, 0.05) is 35.9 Å². The Morgan fingerprint density at radius 2 is 1.92 bits per heavy atom. The van der Waals surface area contributed by atoms with Crippen LogP contribution in [-0.4, -0.2) is 83.5 Å². The molecule has 0 aromatic heterocycles. The zero-order valence-corrected chi connectivity index (χ0v) is 21.9. The Hall–Kier alpha value is -3.30. The molecule has 37 heavy (non-hydrogen) atoms. The molecule has 0 spiro atoms. The Balaban J connectivity index is 1.37. The van der Waals surface area contributed by atoms with Crippen LogP contribution in [0.1, 0.15) is 24.0 Å². The minimum absolute atomic E-state index is 0.110. The molecule has 3 aliphatic heterocycles. The molecule has 2 saturated heterocycles. The number of rotatable bonds is 8. The summed E-state index contributed by atoms with van der Waals surface area (Å²) in [5.74, 6) is 0.799. The van der Waals surface area contributed by atoms with Crippen molar-refractivity contribution in [2.75, 3.05) is 39.5 Å². The van der Waals surface area contributed by atoms with Crippen molar-refractivity contribution in [3.8, 4) is 11.5 Å². The van der Waals surface area contributed by atoms with E-state index in [0.29, 0.717) is 17.0 Å². The zero-order valence-electron chi connectivity index (χ0n) is 21.1. The van der Waals surface area contributed by atoms with Gasteiger partial charge in [0.1, 0.15) is 35.7 Å². The van der Waals surface area contributed by atoms with E-state index in [0.717, 1.165) is 41.0 Å². The summed E-state index contributed by atoms with van der Waals surface area (Å²) in [7, 11) is 3.82. The Morgan fingerprint density at radius 1 is 1.19 bits per heavy atom. The normalized spacial score (nSPS) is 22.6. The number of hydrogen-bond donors (Lipinski definition) is 1. The van der Waals surface area contributed by atoms with Crippen LogP contribution in [0.5, 0.6) is 11.5 Å². The SMILES string of the molecule is COc1ccc(COC(=O)C2=C(C[N+]3(C)CCCC3)CS[C@@H]3[C@H](/N=C\c4ccccc4O)C(=O)N23)cc1. The maximum atomic E-state index is 13.5. The van der Waals surface area contributed by atoms with Crippen LogP contribution in [0.2, 0.25) is 0 Å². The van der Waals surface area contributed by atoms with Crippen molar-refractivity contribution in [3.63, 3.8) is 0 Å². The van der Waals surface area contributed by atoms with Gasteiger partial charge in [0.05, 0.1) is 27.2 Å². The summed E-state index contributed by atoms with van der Waals surface area (Å²) in [5.41, 5.74) is 2.73. The second kappa shape index (κ2) is 10.6. The lowest BCUT2D eigenvalue weighted by molar-refractivity contribution is -0.893. The third-order valence-corrected chi connectivity index (χ3v) is 8.60. The first-order valence-electron chi connectivity index (χ1n) is 12.5. The van der Waals surface area contributed by atoms with Crippen LogP contribution in [0, 0.1) is 0 Å². The zero-order chi connectivity index (χ0) is 26.0. The second-order valence-corrected chi connectivity index (χ2v) is 11.1. The number of ether oxygens (including phenoxy) is 2. The number of esters is 1.